The number of ether oxygens (including phenoxy) is 1. The van der Waals surface area contributed by atoms with Gasteiger partial charge in [0, 0.05) is 15.8 Å². The number of para-hydroxylation sites is 1. The molecule has 0 aliphatic heterocycles. The number of nitrogens with one attached hydrogen (secondary N) is 2. The molecule has 150 valence electrons. The molecule has 0 aliphatic carbocycles. The van der Waals surface area contributed by atoms with E-state index in [1.54, 1.807) is 18.2 Å². The van der Waals surface area contributed by atoms with E-state index in [1.165, 1.54) is 12.1 Å². The molecule has 8 heteroatoms. The van der Waals surface area contributed by atoms with Gasteiger partial charge in [-0.15, -0.1) is 11.3 Å². The number of halogens is 1. The van der Waals surface area contributed by atoms with Crippen LogP contribution in [0.25, 0.3) is 10.1 Å². The van der Waals surface area contributed by atoms with Gasteiger partial charge in [0.2, 0.25) is 5.91 Å². The van der Waals surface area contributed by atoms with Gasteiger partial charge in [0.25, 0.3) is 5.91 Å². The monoisotopic (exact) mass is 414 g/mol. The van der Waals surface area contributed by atoms with E-state index < -0.39 is 24.3 Å². The van der Waals surface area contributed by atoms with Crippen LogP contribution in [0.2, 0.25) is 0 Å². The van der Waals surface area contributed by atoms with Crippen LogP contribution in [0.5, 0.6) is 0 Å². The number of hydrogen-bond donors (Lipinski definition) is 2. The summed E-state index contributed by atoms with van der Waals surface area (Å²) in [5, 5.41) is 5.46. The standard InChI is InChI=1S/C21H19FN2O4S/c1-2-13-6-3-4-8-16(13)24-19(25)11-23-20(26)12-28-21(27)18-10-14-15(22)7-5-9-17(14)29-18/h3-10H,2,11-12H2,1H3,(H,23,26)(H,24,25). The second-order valence-corrected chi connectivity index (χ2v) is 7.26. The smallest absolute Gasteiger partial charge is 0.348 e. The molecular weight excluding hydrogens is 395 g/mol. The number of amides is 2. The molecule has 29 heavy (non-hydrogen) atoms. The summed E-state index contributed by atoms with van der Waals surface area (Å²) in [6.07, 6.45) is 0.764. The van der Waals surface area contributed by atoms with E-state index in [0.29, 0.717) is 15.8 Å². The molecule has 2 aromatic carbocycles. The average molecular weight is 414 g/mol. The van der Waals surface area contributed by atoms with Crippen molar-refractivity contribution in [1.29, 1.82) is 0 Å². The SMILES string of the molecule is CCc1ccccc1NC(=O)CNC(=O)COC(=O)c1cc2c(F)cccc2s1. The third-order valence-corrected chi connectivity index (χ3v) is 5.24. The minimum Gasteiger partial charge on any atom is -0.451 e. The third-order valence-electron chi connectivity index (χ3n) is 4.16. The van der Waals surface area contributed by atoms with Crippen molar-refractivity contribution in [2.24, 2.45) is 0 Å². The summed E-state index contributed by atoms with van der Waals surface area (Å²) >= 11 is 1.08. The molecule has 6 nitrogen and oxygen atoms in total. The first-order valence-corrected chi connectivity index (χ1v) is 9.79. The predicted octanol–water partition coefficient (Wildman–Crippen LogP) is 3.51. The second kappa shape index (κ2) is 9.29. The average Bonchev–Trinajstić information content (AvgIpc) is 3.17. The van der Waals surface area contributed by atoms with Gasteiger partial charge in [0.1, 0.15) is 10.7 Å². The first kappa shape index (κ1) is 20.5. The maximum absolute atomic E-state index is 13.7. The number of esters is 1. The van der Waals surface area contributed by atoms with E-state index in [-0.39, 0.29) is 17.3 Å². The molecule has 0 fully saturated rings. The highest BCUT2D eigenvalue weighted by molar-refractivity contribution is 7.20. The Morgan fingerprint density at radius 3 is 2.62 bits per heavy atom. The van der Waals surface area contributed by atoms with Gasteiger partial charge in [-0.3, -0.25) is 9.59 Å². The molecule has 0 radical (unpaired) electrons. The van der Waals surface area contributed by atoms with Crippen molar-refractivity contribution in [2.45, 2.75) is 13.3 Å². The van der Waals surface area contributed by atoms with Gasteiger partial charge in [-0.05, 0) is 36.2 Å². The van der Waals surface area contributed by atoms with E-state index in [2.05, 4.69) is 10.6 Å². The summed E-state index contributed by atoms with van der Waals surface area (Å²) in [7, 11) is 0. The number of thiophene rings is 1. The van der Waals surface area contributed by atoms with Crippen LogP contribution in [0.4, 0.5) is 10.1 Å². The molecule has 2 N–H and O–H groups in total. The van der Waals surface area contributed by atoms with Crippen LogP contribution >= 0.6 is 11.3 Å². The van der Waals surface area contributed by atoms with Gasteiger partial charge in [0.05, 0.1) is 6.54 Å². The highest BCUT2D eigenvalue weighted by Crippen LogP contribution is 2.28. The summed E-state index contributed by atoms with van der Waals surface area (Å²) in [5.74, 6) is -2.14. The molecule has 0 bridgehead atoms. The summed E-state index contributed by atoms with van der Waals surface area (Å²) in [6, 6.07) is 13.3. The third kappa shape index (κ3) is 5.17. The molecule has 0 spiro atoms. The van der Waals surface area contributed by atoms with Gasteiger partial charge < -0.3 is 15.4 Å². The molecule has 0 aliphatic rings. The Balaban J connectivity index is 1.47. The Bertz CT molecular complexity index is 1060. The van der Waals surface area contributed by atoms with E-state index in [9.17, 15) is 18.8 Å². The fourth-order valence-electron chi connectivity index (χ4n) is 2.70. The van der Waals surface area contributed by atoms with Crippen LogP contribution in [0.15, 0.2) is 48.5 Å². The largest absolute Gasteiger partial charge is 0.451 e. The van der Waals surface area contributed by atoms with Gasteiger partial charge in [-0.25, -0.2) is 9.18 Å². The maximum Gasteiger partial charge on any atom is 0.348 e. The van der Waals surface area contributed by atoms with Crippen molar-refractivity contribution in [1.82, 2.24) is 5.32 Å². The molecule has 1 aromatic heterocycles. The number of aryl methyl sites for hydroxylation is 1. The summed E-state index contributed by atoms with van der Waals surface area (Å²) < 4.78 is 19.3. The number of rotatable bonds is 7. The molecule has 0 saturated heterocycles. The Labute approximate surface area is 170 Å². The fraction of sp³-hybridized carbons (Fsp3) is 0.190. The zero-order valence-corrected chi connectivity index (χ0v) is 16.5. The molecule has 1 heterocycles. The van der Waals surface area contributed by atoms with Gasteiger partial charge in [0.15, 0.2) is 6.61 Å². The van der Waals surface area contributed by atoms with Crippen LogP contribution in [0, 0.1) is 5.82 Å². The first-order chi connectivity index (χ1) is 14.0. The number of carbonyl (C=O) groups is 3. The number of carbonyl (C=O) groups excluding carboxylic acids is 3. The van der Waals surface area contributed by atoms with Gasteiger partial charge >= 0.3 is 5.97 Å². The van der Waals surface area contributed by atoms with Crippen LogP contribution in [-0.2, 0) is 20.7 Å². The van der Waals surface area contributed by atoms with Crippen molar-refractivity contribution in [2.75, 3.05) is 18.5 Å². The topological polar surface area (TPSA) is 84.5 Å². The number of anilines is 1. The van der Waals surface area contributed by atoms with Crippen LogP contribution < -0.4 is 10.6 Å². The summed E-state index contributed by atoms with van der Waals surface area (Å²) in [6.45, 7) is 1.20. The summed E-state index contributed by atoms with van der Waals surface area (Å²) in [5.41, 5.74) is 1.68. The van der Waals surface area contributed by atoms with Crippen molar-refractivity contribution >= 4 is 44.9 Å². The molecule has 3 aromatic rings. The molecule has 0 atom stereocenters. The van der Waals surface area contributed by atoms with E-state index in [4.69, 9.17) is 4.74 Å². The van der Waals surface area contributed by atoms with Crippen LogP contribution in [0.1, 0.15) is 22.2 Å². The van der Waals surface area contributed by atoms with Gasteiger partial charge in [-0.2, -0.15) is 0 Å². The first-order valence-electron chi connectivity index (χ1n) is 8.97. The zero-order chi connectivity index (χ0) is 20.8. The molecule has 0 saturated carbocycles. The minimum absolute atomic E-state index is 0.201. The highest BCUT2D eigenvalue weighted by Gasteiger charge is 2.15. The maximum atomic E-state index is 13.7. The van der Waals surface area contributed by atoms with E-state index in [1.807, 2.05) is 25.1 Å². The van der Waals surface area contributed by atoms with Crippen molar-refractivity contribution in [3.8, 4) is 0 Å². The Morgan fingerprint density at radius 2 is 1.86 bits per heavy atom. The van der Waals surface area contributed by atoms with E-state index >= 15 is 0 Å². The lowest BCUT2D eigenvalue weighted by Crippen LogP contribution is -2.35. The summed E-state index contributed by atoms with van der Waals surface area (Å²) in [4.78, 5) is 36.2. The number of benzene rings is 2. The Kier molecular flexibility index (Phi) is 6.56. The molecular formula is C21H19FN2O4S. The highest BCUT2D eigenvalue weighted by atomic mass is 32.1. The number of hydrogen-bond acceptors (Lipinski definition) is 5. The number of fused-ring (bicyclic) bond motifs is 1. The van der Waals surface area contributed by atoms with Crippen molar-refractivity contribution in [3.05, 3.63) is 64.8 Å². The van der Waals surface area contributed by atoms with E-state index in [0.717, 1.165) is 23.3 Å². The lowest BCUT2D eigenvalue weighted by molar-refractivity contribution is -0.126. The van der Waals surface area contributed by atoms with Gasteiger partial charge in [-0.1, -0.05) is 31.2 Å². The van der Waals surface area contributed by atoms with Crippen LogP contribution in [0.3, 0.4) is 0 Å². The minimum atomic E-state index is -0.720. The van der Waals surface area contributed by atoms with Crippen LogP contribution in [-0.4, -0.2) is 30.9 Å². The lowest BCUT2D eigenvalue weighted by atomic mass is 10.1. The molecule has 0 unspecified atom stereocenters. The van der Waals surface area contributed by atoms with Crippen molar-refractivity contribution < 1.29 is 23.5 Å². The fourth-order valence-corrected chi connectivity index (χ4v) is 3.67. The Morgan fingerprint density at radius 1 is 1.07 bits per heavy atom. The predicted molar refractivity (Wildman–Crippen MR) is 110 cm³/mol. The molecule has 2 amide bonds. The lowest BCUT2D eigenvalue weighted by Gasteiger charge is -2.10. The quantitative estimate of drug-likeness (QED) is 0.580. The Hall–Kier alpha value is -3.26. The zero-order valence-electron chi connectivity index (χ0n) is 15.7. The van der Waals surface area contributed by atoms with Crippen molar-refractivity contribution in [3.63, 3.8) is 0 Å². The molecule has 3 rings (SSSR count). The second-order valence-electron chi connectivity index (χ2n) is 6.17. The normalized spacial score (nSPS) is 10.6.